The molecule has 1 aliphatic rings. The third kappa shape index (κ3) is 2.49. The minimum Gasteiger partial charge on any atom is -0.398 e. The van der Waals surface area contributed by atoms with Crippen molar-refractivity contribution in [3.63, 3.8) is 0 Å². The predicted molar refractivity (Wildman–Crippen MR) is 59.1 cm³/mol. The molecule has 86 valence electrons. The van der Waals surface area contributed by atoms with Gasteiger partial charge in [-0.1, -0.05) is 0 Å². The van der Waals surface area contributed by atoms with Crippen LogP contribution in [-0.4, -0.2) is 30.4 Å². The summed E-state index contributed by atoms with van der Waals surface area (Å²) in [6.07, 6.45) is 0. The van der Waals surface area contributed by atoms with E-state index in [1.807, 2.05) is 4.90 Å². The Labute approximate surface area is 93.2 Å². The maximum absolute atomic E-state index is 13.0. The van der Waals surface area contributed by atoms with E-state index in [1.165, 1.54) is 12.1 Å². The molecule has 0 bridgehead atoms. The van der Waals surface area contributed by atoms with Gasteiger partial charge in [0.05, 0.1) is 6.54 Å². The van der Waals surface area contributed by atoms with E-state index in [0.717, 1.165) is 12.1 Å². The first-order valence-corrected chi connectivity index (χ1v) is 5.18. The highest BCUT2D eigenvalue weighted by molar-refractivity contribution is 5.78. The number of anilines is 1. The van der Waals surface area contributed by atoms with Crippen LogP contribution in [0.2, 0.25) is 0 Å². The molecule has 4 nitrogen and oxygen atoms in total. The molecule has 16 heavy (non-hydrogen) atoms. The molecule has 3 N–H and O–H groups in total. The van der Waals surface area contributed by atoms with Crippen LogP contribution in [0.25, 0.3) is 0 Å². The average molecular weight is 223 g/mol. The topological polar surface area (TPSA) is 58.4 Å². The lowest BCUT2D eigenvalue weighted by Gasteiger charge is -2.26. The number of carbonyl (C=O) groups is 1. The highest BCUT2D eigenvalue weighted by Gasteiger charge is 2.16. The molecule has 0 radical (unpaired) electrons. The number of nitrogen functional groups attached to an aromatic ring is 1. The Morgan fingerprint density at radius 2 is 2.31 bits per heavy atom. The van der Waals surface area contributed by atoms with Gasteiger partial charge in [-0.05, 0) is 23.8 Å². The van der Waals surface area contributed by atoms with E-state index in [0.29, 0.717) is 25.3 Å². The summed E-state index contributed by atoms with van der Waals surface area (Å²) in [5, 5.41) is 2.74. The highest BCUT2D eigenvalue weighted by atomic mass is 19.1. The van der Waals surface area contributed by atoms with E-state index in [-0.39, 0.29) is 11.7 Å². The van der Waals surface area contributed by atoms with Gasteiger partial charge in [0, 0.05) is 25.3 Å². The third-order valence-electron chi connectivity index (χ3n) is 2.62. The number of nitrogens with zero attached hydrogens (tertiary/aromatic N) is 1. The zero-order chi connectivity index (χ0) is 11.5. The number of piperazine rings is 1. The van der Waals surface area contributed by atoms with Crippen LogP contribution in [-0.2, 0) is 11.3 Å². The molecular weight excluding hydrogens is 209 g/mol. The van der Waals surface area contributed by atoms with Crippen molar-refractivity contribution >= 4 is 11.6 Å². The normalized spacial score (nSPS) is 17.2. The lowest BCUT2D eigenvalue weighted by atomic mass is 10.1. The molecule has 1 aromatic rings. The Bertz CT molecular complexity index is 408. The van der Waals surface area contributed by atoms with Crippen molar-refractivity contribution in [3.8, 4) is 0 Å². The van der Waals surface area contributed by atoms with Crippen molar-refractivity contribution < 1.29 is 9.18 Å². The van der Waals surface area contributed by atoms with E-state index < -0.39 is 0 Å². The molecule has 1 fully saturated rings. The Hall–Kier alpha value is -1.62. The van der Waals surface area contributed by atoms with E-state index >= 15 is 0 Å². The standard InChI is InChI=1S/C11H14FN3O/c12-9-1-2-10(13)8(5-9)6-15-4-3-14-11(16)7-15/h1-2,5H,3-4,6-7,13H2,(H,14,16). The summed E-state index contributed by atoms with van der Waals surface area (Å²) in [7, 11) is 0. The molecule has 1 saturated heterocycles. The molecule has 0 unspecified atom stereocenters. The molecule has 0 atom stereocenters. The first-order chi connectivity index (χ1) is 7.65. The highest BCUT2D eigenvalue weighted by Crippen LogP contribution is 2.15. The van der Waals surface area contributed by atoms with E-state index in [9.17, 15) is 9.18 Å². The van der Waals surface area contributed by atoms with Crippen molar-refractivity contribution in [2.45, 2.75) is 6.54 Å². The summed E-state index contributed by atoms with van der Waals surface area (Å²) in [6, 6.07) is 4.30. The van der Waals surface area contributed by atoms with Crippen LogP contribution in [0.15, 0.2) is 18.2 Å². The summed E-state index contributed by atoms with van der Waals surface area (Å²) < 4.78 is 13.0. The number of hydrogen-bond donors (Lipinski definition) is 2. The molecule has 0 aromatic heterocycles. The molecule has 1 amide bonds. The molecule has 0 saturated carbocycles. The van der Waals surface area contributed by atoms with Crippen molar-refractivity contribution in [3.05, 3.63) is 29.6 Å². The van der Waals surface area contributed by atoms with Crippen molar-refractivity contribution in [2.75, 3.05) is 25.4 Å². The van der Waals surface area contributed by atoms with Gasteiger partial charge in [0.2, 0.25) is 5.91 Å². The Balaban J connectivity index is 2.08. The van der Waals surface area contributed by atoms with Crippen LogP contribution in [0.3, 0.4) is 0 Å². The largest absolute Gasteiger partial charge is 0.398 e. The first-order valence-electron chi connectivity index (χ1n) is 5.18. The first kappa shape index (κ1) is 10.9. The van der Waals surface area contributed by atoms with Gasteiger partial charge in [-0.25, -0.2) is 4.39 Å². The zero-order valence-electron chi connectivity index (χ0n) is 8.87. The van der Waals surface area contributed by atoms with Crippen LogP contribution in [0.5, 0.6) is 0 Å². The molecule has 0 spiro atoms. The average Bonchev–Trinajstić information content (AvgIpc) is 2.24. The van der Waals surface area contributed by atoms with Gasteiger partial charge in [-0.2, -0.15) is 0 Å². The number of rotatable bonds is 2. The second-order valence-corrected chi connectivity index (χ2v) is 3.90. The lowest BCUT2D eigenvalue weighted by Crippen LogP contribution is -2.47. The van der Waals surface area contributed by atoms with E-state index in [2.05, 4.69) is 5.32 Å². The second kappa shape index (κ2) is 4.49. The SMILES string of the molecule is Nc1ccc(F)cc1CN1CCNC(=O)C1. The minimum absolute atomic E-state index is 0.00113. The molecule has 5 heteroatoms. The van der Waals surface area contributed by atoms with Gasteiger partial charge >= 0.3 is 0 Å². The fourth-order valence-corrected chi connectivity index (χ4v) is 1.78. The zero-order valence-corrected chi connectivity index (χ0v) is 8.87. The van der Waals surface area contributed by atoms with Gasteiger partial charge in [-0.3, -0.25) is 9.69 Å². The number of halogens is 1. The Kier molecular flexibility index (Phi) is 3.05. The predicted octanol–water partition coefficient (Wildman–Crippen LogP) is 0.340. The number of hydrogen-bond acceptors (Lipinski definition) is 3. The van der Waals surface area contributed by atoms with Crippen LogP contribution in [0, 0.1) is 5.82 Å². The Morgan fingerprint density at radius 1 is 1.50 bits per heavy atom. The number of nitrogens with one attached hydrogen (secondary N) is 1. The van der Waals surface area contributed by atoms with E-state index in [4.69, 9.17) is 5.73 Å². The minimum atomic E-state index is -0.300. The quantitative estimate of drug-likeness (QED) is 0.711. The summed E-state index contributed by atoms with van der Waals surface area (Å²) in [5.74, 6) is -0.299. The number of amides is 1. The molecule has 1 aliphatic heterocycles. The van der Waals surface area contributed by atoms with Crippen molar-refractivity contribution in [1.29, 1.82) is 0 Å². The maximum Gasteiger partial charge on any atom is 0.234 e. The fourth-order valence-electron chi connectivity index (χ4n) is 1.78. The third-order valence-corrected chi connectivity index (χ3v) is 2.62. The van der Waals surface area contributed by atoms with Crippen LogP contribution < -0.4 is 11.1 Å². The molecular formula is C11H14FN3O. The van der Waals surface area contributed by atoms with Crippen LogP contribution >= 0.6 is 0 Å². The smallest absolute Gasteiger partial charge is 0.234 e. The lowest BCUT2D eigenvalue weighted by molar-refractivity contribution is -0.124. The number of benzene rings is 1. The van der Waals surface area contributed by atoms with Crippen molar-refractivity contribution in [1.82, 2.24) is 10.2 Å². The molecule has 0 aliphatic carbocycles. The van der Waals surface area contributed by atoms with E-state index in [1.54, 1.807) is 6.07 Å². The number of nitrogens with two attached hydrogens (primary N) is 1. The fraction of sp³-hybridized carbons (Fsp3) is 0.364. The monoisotopic (exact) mass is 223 g/mol. The van der Waals surface area contributed by atoms with Crippen molar-refractivity contribution in [2.24, 2.45) is 0 Å². The summed E-state index contributed by atoms with van der Waals surface area (Å²) in [6.45, 7) is 2.25. The molecule has 1 heterocycles. The summed E-state index contributed by atoms with van der Waals surface area (Å²) >= 11 is 0. The Morgan fingerprint density at radius 3 is 3.06 bits per heavy atom. The van der Waals surface area contributed by atoms with Gasteiger partial charge in [-0.15, -0.1) is 0 Å². The van der Waals surface area contributed by atoms with Crippen LogP contribution in [0.1, 0.15) is 5.56 Å². The van der Waals surface area contributed by atoms with Gasteiger partial charge < -0.3 is 11.1 Å². The maximum atomic E-state index is 13.0. The number of carbonyl (C=O) groups excluding carboxylic acids is 1. The second-order valence-electron chi connectivity index (χ2n) is 3.90. The summed E-state index contributed by atoms with van der Waals surface area (Å²) in [4.78, 5) is 13.1. The van der Waals surface area contributed by atoms with Gasteiger partial charge in [0.15, 0.2) is 0 Å². The summed E-state index contributed by atoms with van der Waals surface area (Å²) in [5.41, 5.74) is 7.04. The molecule has 2 rings (SSSR count). The molecule has 1 aromatic carbocycles. The van der Waals surface area contributed by atoms with Gasteiger partial charge in [0.25, 0.3) is 0 Å². The van der Waals surface area contributed by atoms with Crippen LogP contribution in [0.4, 0.5) is 10.1 Å². The van der Waals surface area contributed by atoms with Gasteiger partial charge in [0.1, 0.15) is 5.82 Å².